The van der Waals surface area contributed by atoms with Crippen LogP contribution in [0.15, 0.2) is 46.9 Å². The van der Waals surface area contributed by atoms with Crippen LogP contribution in [0.5, 0.6) is 0 Å². The summed E-state index contributed by atoms with van der Waals surface area (Å²) in [6, 6.07) is 15.0. The van der Waals surface area contributed by atoms with E-state index in [-0.39, 0.29) is 6.04 Å². The monoisotopic (exact) mass is 463 g/mol. The van der Waals surface area contributed by atoms with E-state index in [0.29, 0.717) is 0 Å². The van der Waals surface area contributed by atoms with Crippen molar-refractivity contribution in [3.8, 4) is 0 Å². The fourth-order valence-electron chi connectivity index (χ4n) is 2.18. The van der Waals surface area contributed by atoms with E-state index in [9.17, 15) is 0 Å². The summed E-state index contributed by atoms with van der Waals surface area (Å²) in [5.74, 6) is 0. The van der Waals surface area contributed by atoms with Gasteiger partial charge in [0, 0.05) is 19.1 Å². The molecule has 2 aromatic carbocycles. The highest BCUT2D eigenvalue weighted by molar-refractivity contribution is 14.1. The summed E-state index contributed by atoms with van der Waals surface area (Å²) in [4.78, 5) is 0. The molecule has 1 N–H and O–H groups in total. The fraction of sp³-hybridized carbons (Fsp3) is 0.250. The molecule has 1 unspecified atom stereocenters. The van der Waals surface area contributed by atoms with E-state index < -0.39 is 0 Å². The molecule has 2 aromatic rings. The zero-order valence-corrected chi connectivity index (χ0v) is 15.7. The molecule has 0 aliphatic heterocycles. The van der Waals surface area contributed by atoms with E-state index in [1.807, 2.05) is 12.1 Å². The molecule has 0 bridgehead atoms. The highest BCUT2D eigenvalue weighted by atomic mass is 127. The predicted octanol–water partition coefficient (Wildman–Crippen LogP) is 5.60. The number of benzene rings is 2. The Balaban J connectivity index is 2.25. The maximum atomic E-state index is 6.33. The van der Waals surface area contributed by atoms with Gasteiger partial charge < -0.3 is 5.32 Å². The van der Waals surface area contributed by atoms with Crippen molar-refractivity contribution >= 4 is 50.1 Å². The Labute approximate surface area is 147 Å². The SMILES string of the molecule is CCNC(Cc1ccc(Br)cc1Cl)c1cccc(I)c1. The standard InChI is InChI=1S/C16H16BrClIN/c1-2-20-16(12-4-3-5-14(19)8-12)9-11-6-7-13(17)10-15(11)18/h3-8,10,16,20H,2,9H2,1H3. The summed E-state index contributed by atoms with van der Waals surface area (Å²) >= 11 is 12.1. The summed E-state index contributed by atoms with van der Waals surface area (Å²) in [5.41, 5.74) is 2.47. The first kappa shape index (κ1) is 16.3. The average Bonchev–Trinajstić information content (AvgIpc) is 2.41. The van der Waals surface area contributed by atoms with Crippen molar-refractivity contribution in [1.82, 2.24) is 5.32 Å². The molecule has 106 valence electrons. The van der Waals surface area contributed by atoms with Gasteiger partial charge in [-0.15, -0.1) is 0 Å². The van der Waals surface area contributed by atoms with E-state index in [4.69, 9.17) is 11.6 Å². The fourth-order valence-corrected chi connectivity index (χ4v) is 3.50. The number of hydrogen-bond donors (Lipinski definition) is 1. The van der Waals surface area contributed by atoms with Gasteiger partial charge in [-0.2, -0.15) is 0 Å². The molecule has 0 aliphatic carbocycles. The Hall–Kier alpha value is -0.100. The molecule has 1 atom stereocenters. The predicted molar refractivity (Wildman–Crippen MR) is 98.4 cm³/mol. The maximum Gasteiger partial charge on any atom is 0.0449 e. The third-order valence-corrected chi connectivity index (χ3v) is 4.66. The minimum Gasteiger partial charge on any atom is -0.310 e. The number of rotatable bonds is 5. The third kappa shape index (κ3) is 4.45. The lowest BCUT2D eigenvalue weighted by atomic mass is 9.99. The van der Waals surface area contributed by atoms with Gasteiger partial charge in [0.2, 0.25) is 0 Å². The quantitative estimate of drug-likeness (QED) is 0.568. The normalized spacial score (nSPS) is 12.4. The van der Waals surface area contributed by atoms with Gasteiger partial charge in [-0.05, 0) is 70.9 Å². The number of halogens is 3. The van der Waals surface area contributed by atoms with Crippen LogP contribution in [0.1, 0.15) is 24.1 Å². The second-order valence-electron chi connectivity index (χ2n) is 4.61. The van der Waals surface area contributed by atoms with E-state index in [2.05, 4.69) is 81.1 Å². The summed E-state index contributed by atoms with van der Waals surface area (Å²) < 4.78 is 2.27. The van der Waals surface area contributed by atoms with E-state index in [1.54, 1.807) is 0 Å². The Morgan fingerprint density at radius 3 is 2.70 bits per heavy atom. The van der Waals surface area contributed by atoms with E-state index in [0.717, 1.165) is 22.5 Å². The van der Waals surface area contributed by atoms with Gasteiger partial charge in [0.25, 0.3) is 0 Å². The van der Waals surface area contributed by atoms with Crippen LogP contribution in [-0.4, -0.2) is 6.54 Å². The summed E-state index contributed by atoms with van der Waals surface area (Å²) in [6.45, 7) is 3.06. The van der Waals surface area contributed by atoms with Crippen LogP contribution >= 0.6 is 50.1 Å². The molecule has 1 nitrogen and oxygen atoms in total. The van der Waals surface area contributed by atoms with Crippen molar-refractivity contribution in [2.24, 2.45) is 0 Å². The molecule has 0 aromatic heterocycles. The van der Waals surface area contributed by atoms with Gasteiger partial charge in [0.15, 0.2) is 0 Å². The van der Waals surface area contributed by atoms with Crippen molar-refractivity contribution < 1.29 is 0 Å². The van der Waals surface area contributed by atoms with Gasteiger partial charge in [-0.3, -0.25) is 0 Å². The number of hydrogen-bond acceptors (Lipinski definition) is 1. The zero-order valence-electron chi connectivity index (χ0n) is 11.2. The Morgan fingerprint density at radius 1 is 1.25 bits per heavy atom. The van der Waals surface area contributed by atoms with Crippen LogP contribution in [0.2, 0.25) is 5.02 Å². The smallest absolute Gasteiger partial charge is 0.0449 e. The lowest BCUT2D eigenvalue weighted by molar-refractivity contribution is 0.549. The molecule has 4 heteroatoms. The molecule has 0 saturated carbocycles. The van der Waals surface area contributed by atoms with Crippen molar-refractivity contribution in [1.29, 1.82) is 0 Å². The lowest BCUT2D eigenvalue weighted by Crippen LogP contribution is -2.23. The van der Waals surface area contributed by atoms with Crippen LogP contribution in [0.4, 0.5) is 0 Å². The van der Waals surface area contributed by atoms with Crippen LogP contribution in [0.3, 0.4) is 0 Å². The molecular weight excluding hydrogens is 448 g/mol. The molecule has 0 amide bonds. The summed E-state index contributed by atoms with van der Waals surface area (Å²) in [5, 5.41) is 4.36. The van der Waals surface area contributed by atoms with E-state index >= 15 is 0 Å². The third-order valence-electron chi connectivity index (χ3n) is 3.14. The Bertz CT molecular complexity index is 588. The van der Waals surface area contributed by atoms with Gasteiger partial charge in [-0.1, -0.05) is 52.7 Å². The molecule has 0 spiro atoms. The van der Waals surface area contributed by atoms with Crippen LogP contribution in [-0.2, 0) is 6.42 Å². The molecule has 0 heterocycles. The molecule has 0 radical (unpaired) electrons. The van der Waals surface area contributed by atoms with Crippen LogP contribution in [0.25, 0.3) is 0 Å². The molecule has 0 fully saturated rings. The largest absolute Gasteiger partial charge is 0.310 e. The average molecular weight is 465 g/mol. The highest BCUT2D eigenvalue weighted by Crippen LogP contribution is 2.27. The minimum absolute atomic E-state index is 0.286. The second-order valence-corrected chi connectivity index (χ2v) is 7.17. The van der Waals surface area contributed by atoms with Crippen molar-refractivity contribution in [2.75, 3.05) is 6.54 Å². The van der Waals surface area contributed by atoms with Gasteiger partial charge in [-0.25, -0.2) is 0 Å². The van der Waals surface area contributed by atoms with Crippen molar-refractivity contribution in [3.63, 3.8) is 0 Å². The number of nitrogens with one attached hydrogen (secondary N) is 1. The van der Waals surface area contributed by atoms with Crippen molar-refractivity contribution in [2.45, 2.75) is 19.4 Å². The topological polar surface area (TPSA) is 12.0 Å². The Kier molecular flexibility index (Phi) is 6.33. The minimum atomic E-state index is 0.286. The molecule has 0 aliphatic rings. The van der Waals surface area contributed by atoms with E-state index in [1.165, 1.54) is 14.7 Å². The molecule has 0 saturated heterocycles. The molecular formula is C16H16BrClIN. The number of likely N-dealkylation sites (N-methyl/N-ethyl adjacent to an activating group) is 1. The molecule has 2 rings (SSSR count). The second kappa shape index (κ2) is 7.78. The summed E-state index contributed by atoms with van der Waals surface area (Å²) in [7, 11) is 0. The lowest BCUT2D eigenvalue weighted by Gasteiger charge is -2.19. The van der Waals surface area contributed by atoms with Crippen LogP contribution in [0, 0.1) is 3.57 Å². The first-order chi connectivity index (χ1) is 9.60. The first-order valence-electron chi connectivity index (χ1n) is 6.53. The van der Waals surface area contributed by atoms with Crippen LogP contribution < -0.4 is 5.32 Å². The Morgan fingerprint density at radius 2 is 2.05 bits per heavy atom. The summed E-state index contributed by atoms with van der Waals surface area (Å²) in [6.07, 6.45) is 0.889. The zero-order chi connectivity index (χ0) is 14.5. The molecule has 20 heavy (non-hydrogen) atoms. The first-order valence-corrected chi connectivity index (χ1v) is 8.78. The highest BCUT2D eigenvalue weighted by Gasteiger charge is 2.13. The maximum absolute atomic E-state index is 6.33. The van der Waals surface area contributed by atoms with Crippen molar-refractivity contribution in [3.05, 3.63) is 66.7 Å². The van der Waals surface area contributed by atoms with Gasteiger partial charge >= 0.3 is 0 Å². The van der Waals surface area contributed by atoms with Gasteiger partial charge in [0.05, 0.1) is 0 Å². The van der Waals surface area contributed by atoms with Gasteiger partial charge in [0.1, 0.15) is 0 Å².